The van der Waals surface area contributed by atoms with Gasteiger partial charge in [0.25, 0.3) is 5.69 Å². The van der Waals surface area contributed by atoms with E-state index in [0.29, 0.717) is 0 Å². The summed E-state index contributed by atoms with van der Waals surface area (Å²) < 4.78 is 0. The Kier molecular flexibility index (Phi) is 2.38. The molecular weight excluding hydrogens is 156 g/mol. The number of nitro groups is 1. The minimum atomic E-state index is -0.425. The van der Waals surface area contributed by atoms with Gasteiger partial charge in [-0.2, -0.15) is 0 Å². The van der Waals surface area contributed by atoms with Crippen LogP contribution in [0, 0.1) is 17.0 Å². The van der Waals surface area contributed by atoms with E-state index in [4.69, 9.17) is 0 Å². The molecule has 0 fully saturated rings. The molecule has 0 saturated heterocycles. The van der Waals surface area contributed by atoms with Crippen LogP contribution in [-0.4, -0.2) is 9.91 Å². The molecule has 0 N–H and O–H groups in total. The number of nitrogens with zero attached hydrogens (tertiary/aromatic N) is 2. The Labute approximate surface area is 70.4 Å². The molecule has 0 aliphatic carbocycles. The maximum atomic E-state index is 10.3. The summed E-state index contributed by atoms with van der Waals surface area (Å²) in [5.74, 6) is 0. The first-order valence-electron chi connectivity index (χ1n) is 3.75. The van der Waals surface area contributed by atoms with Crippen molar-refractivity contribution in [3.63, 3.8) is 0 Å². The standard InChI is InChI=1S/C8H10N2O2/c1-3-7-4-8(10(11)12)5-9-6(7)2/h4-5H,3H2,1-2H3. The van der Waals surface area contributed by atoms with Crippen LogP contribution in [0.25, 0.3) is 0 Å². The molecule has 0 aliphatic heterocycles. The van der Waals surface area contributed by atoms with Crippen molar-refractivity contribution in [2.45, 2.75) is 20.3 Å². The van der Waals surface area contributed by atoms with Gasteiger partial charge in [-0.05, 0) is 18.9 Å². The second kappa shape index (κ2) is 3.30. The van der Waals surface area contributed by atoms with Crippen LogP contribution in [0.1, 0.15) is 18.2 Å². The van der Waals surface area contributed by atoms with Crippen molar-refractivity contribution >= 4 is 5.69 Å². The van der Waals surface area contributed by atoms with E-state index in [1.54, 1.807) is 6.07 Å². The molecule has 0 saturated carbocycles. The molecular formula is C8H10N2O2. The van der Waals surface area contributed by atoms with Crippen LogP contribution < -0.4 is 0 Å². The third-order valence-corrected chi connectivity index (χ3v) is 1.77. The predicted molar refractivity (Wildman–Crippen MR) is 45.0 cm³/mol. The molecule has 0 aliphatic rings. The van der Waals surface area contributed by atoms with Gasteiger partial charge in [0.1, 0.15) is 6.20 Å². The summed E-state index contributed by atoms with van der Waals surface area (Å²) >= 11 is 0. The van der Waals surface area contributed by atoms with E-state index in [9.17, 15) is 10.1 Å². The summed E-state index contributed by atoms with van der Waals surface area (Å²) in [6, 6.07) is 1.57. The molecule has 1 heterocycles. The average molecular weight is 166 g/mol. The lowest BCUT2D eigenvalue weighted by molar-refractivity contribution is -0.385. The van der Waals surface area contributed by atoms with E-state index in [2.05, 4.69) is 4.98 Å². The summed E-state index contributed by atoms with van der Waals surface area (Å²) in [6.07, 6.45) is 2.06. The van der Waals surface area contributed by atoms with Crippen molar-refractivity contribution in [2.75, 3.05) is 0 Å². The number of aryl methyl sites for hydroxylation is 2. The van der Waals surface area contributed by atoms with Gasteiger partial charge in [-0.3, -0.25) is 15.1 Å². The van der Waals surface area contributed by atoms with Crippen molar-refractivity contribution in [1.82, 2.24) is 4.98 Å². The Bertz CT molecular complexity index is 310. The van der Waals surface area contributed by atoms with Crippen LogP contribution in [0.15, 0.2) is 12.3 Å². The first kappa shape index (κ1) is 8.64. The van der Waals surface area contributed by atoms with Gasteiger partial charge in [0.2, 0.25) is 0 Å². The molecule has 0 atom stereocenters. The molecule has 4 heteroatoms. The molecule has 0 bridgehead atoms. The highest BCUT2D eigenvalue weighted by atomic mass is 16.6. The molecule has 0 unspecified atom stereocenters. The van der Waals surface area contributed by atoms with Crippen LogP contribution >= 0.6 is 0 Å². The maximum absolute atomic E-state index is 10.3. The van der Waals surface area contributed by atoms with Gasteiger partial charge < -0.3 is 0 Å². The number of aromatic nitrogens is 1. The first-order valence-corrected chi connectivity index (χ1v) is 3.75. The van der Waals surface area contributed by atoms with Gasteiger partial charge in [0, 0.05) is 11.8 Å². The average Bonchev–Trinajstić information content (AvgIpc) is 2.05. The third-order valence-electron chi connectivity index (χ3n) is 1.77. The topological polar surface area (TPSA) is 56.0 Å². The lowest BCUT2D eigenvalue weighted by atomic mass is 10.1. The van der Waals surface area contributed by atoms with Crippen molar-refractivity contribution in [1.29, 1.82) is 0 Å². The summed E-state index contributed by atoms with van der Waals surface area (Å²) in [6.45, 7) is 3.80. The molecule has 12 heavy (non-hydrogen) atoms. The smallest absolute Gasteiger partial charge is 0.258 e. The van der Waals surface area contributed by atoms with E-state index in [0.717, 1.165) is 17.7 Å². The number of hydrogen-bond acceptors (Lipinski definition) is 3. The van der Waals surface area contributed by atoms with Crippen molar-refractivity contribution in [2.24, 2.45) is 0 Å². The Morgan fingerprint density at radius 2 is 2.33 bits per heavy atom. The van der Waals surface area contributed by atoms with Gasteiger partial charge in [-0.25, -0.2) is 0 Å². The van der Waals surface area contributed by atoms with E-state index in [1.165, 1.54) is 6.20 Å². The monoisotopic (exact) mass is 166 g/mol. The normalized spacial score (nSPS) is 9.83. The minimum Gasteiger partial charge on any atom is -0.258 e. The van der Waals surface area contributed by atoms with Gasteiger partial charge >= 0.3 is 0 Å². The van der Waals surface area contributed by atoms with E-state index in [1.807, 2.05) is 13.8 Å². The molecule has 0 radical (unpaired) electrons. The predicted octanol–water partition coefficient (Wildman–Crippen LogP) is 1.86. The zero-order valence-corrected chi connectivity index (χ0v) is 7.07. The van der Waals surface area contributed by atoms with E-state index >= 15 is 0 Å². The molecule has 4 nitrogen and oxygen atoms in total. The lowest BCUT2D eigenvalue weighted by Gasteiger charge is -1.99. The molecule has 1 aromatic heterocycles. The zero-order chi connectivity index (χ0) is 9.14. The second-order valence-electron chi connectivity index (χ2n) is 2.55. The van der Waals surface area contributed by atoms with Crippen LogP contribution in [-0.2, 0) is 6.42 Å². The first-order chi connectivity index (χ1) is 5.65. The summed E-state index contributed by atoms with van der Waals surface area (Å²) in [4.78, 5) is 13.9. The summed E-state index contributed by atoms with van der Waals surface area (Å²) in [7, 11) is 0. The van der Waals surface area contributed by atoms with Gasteiger partial charge in [-0.15, -0.1) is 0 Å². The van der Waals surface area contributed by atoms with Crippen LogP contribution in [0.3, 0.4) is 0 Å². The Hall–Kier alpha value is -1.45. The lowest BCUT2D eigenvalue weighted by Crippen LogP contribution is -1.95. The van der Waals surface area contributed by atoms with E-state index < -0.39 is 4.92 Å². The van der Waals surface area contributed by atoms with Gasteiger partial charge in [0.15, 0.2) is 0 Å². The largest absolute Gasteiger partial charge is 0.287 e. The third kappa shape index (κ3) is 1.58. The van der Waals surface area contributed by atoms with Crippen molar-refractivity contribution in [3.8, 4) is 0 Å². The fourth-order valence-electron chi connectivity index (χ4n) is 1.02. The second-order valence-corrected chi connectivity index (χ2v) is 2.55. The van der Waals surface area contributed by atoms with Gasteiger partial charge in [0.05, 0.1) is 4.92 Å². The highest BCUT2D eigenvalue weighted by molar-refractivity contribution is 5.33. The van der Waals surface area contributed by atoms with Crippen LogP contribution in [0.4, 0.5) is 5.69 Å². The fraction of sp³-hybridized carbons (Fsp3) is 0.375. The highest BCUT2D eigenvalue weighted by Gasteiger charge is 2.07. The molecule has 1 rings (SSSR count). The van der Waals surface area contributed by atoms with E-state index in [-0.39, 0.29) is 5.69 Å². The summed E-state index contributed by atoms with van der Waals surface area (Å²) in [5.41, 5.74) is 1.87. The molecule has 1 aromatic rings. The number of pyridine rings is 1. The summed E-state index contributed by atoms with van der Waals surface area (Å²) in [5, 5.41) is 10.3. The molecule has 64 valence electrons. The Morgan fingerprint density at radius 1 is 1.67 bits per heavy atom. The molecule has 0 aromatic carbocycles. The van der Waals surface area contributed by atoms with Gasteiger partial charge in [-0.1, -0.05) is 6.92 Å². The molecule has 0 spiro atoms. The minimum absolute atomic E-state index is 0.0671. The highest BCUT2D eigenvalue weighted by Crippen LogP contribution is 2.14. The fourth-order valence-corrected chi connectivity index (χ4v) is 1.02. The SMILES string of the molecule is CCc1cc([N+](=O)[O-])cnc1C. The maximum Gasteiger partial charge on any atom is 0.287 e. The molecule has 0 amide bonds. The number of hydrogen-bond donors (Lipinski definition) is 0. The van der Waals surface area contributed by atoms with Crippen LogP contribution in [0.5, 0.6) is 0 Å². The zero-order valence-electron chi connectivity index (χ0n) is 7.07. The Balaban J connectivity index is 3.13. The quantitative estimate of drug-likeness (QED) is 0.497. The number of rotatable bonds is 2. The van der Waals surface area contributed by atoms with Crippen molar-refractivity contribution in [3.05, 3.63) is 33.6 Å². The van der Waals surface area contributed by atoms with Crippen LogP contribution in [0.2, 0.25) is 0 Å². The Morgan fingerprint density at radius 3 is 2.83 bits per heavy atom. The van der Waals surface area contributed by atoms with Crippen molar-refractivity contribution < 1.29 is 4.92 Å².